The van der Waals surface area contributed by atoms with Gasteiger partial charge in [0.05, 0.1) is 10.5 Å². The topological polar surface area (TPSA) is 95.0 Å². The van der Waals surface area contributed by atoms with Gasteiger partial charge < -0.3 is 10.0 Å². The van der Waals surface area contributed by atoms with Crippen LogP contribution in [0.3, 0.4) is 0 Å². The molecule has 8 heteroatoms. The Labute approximate surface area is 157 Å². The first-order valence-electron chi connectivity index (χ1n) is 8.37. The van der Waals surface area contributed by atoms with E-state index in [9.17, 15) is 18.0 Å². The molecule has 0 aromatic heterocycles. The van der Waals surface area contributed by atoms with Crippen LogP contribution in [0.15, 0.2) is 47.4 Å². The van der Waals surface area contributed by atoms with E-state index in [1.165, 1.54) is 38.4 Å². The van der Waals surface area contributed by atoms with E-state index in [1.807, 2.05) is 0 Å². The molecule has 1 aliphatic heterocycles. The van der Waals surface area contributed by atoms with Crippen LogP contribution in [-0.4, -0.2) is 55.2 Å². The summed E-state index contributed by atoms with van der Waals surface area (Å²) in [5.41, 5.74) is 2.45. The molecule has 0 aliphatic carbocycles. The molecule has 1 heterocycles. The molecule has 2 aromatic rings. The average Bonchev–Trinajstić information content (AvgIpc) is 2.66. The average molecular weight is 388 g/mol. The molecule has 0 saturated heterocycles. The molecule has 3 rings (SSSR count). The third kappa shape index (κ3) is 3.72. The minimum Gasteiger partial charge on any atom is -0.478 e. The zero-order valence-corrected chi connectivity index (χ0v) is 15.9. The molecule has 0 atom stereocenters. The van der Waals surface area contributed by atoms with Crippen molar-refractivity contribution in [1.29, 1.82) is 0 Å². The fraction of sp³-hybridized carbons (Fsp3) is 0.263. The van der Waals surface area contributed by atoms with Crippen LogP contribution in [0.1, 0.15) is 31.8 Å². The van der Waals surface area contributed by atoms with Crippen LogP contribution >= 0.6 is 0 Å². The maximum absolute atomic E-state index is 12.8. The zero-order chi connectivity index (χ0) is 19.8. The summed E-state index contributed by atoms with van der Waals surface area (Å²) >= 11 is 0. The number of carboxylic acids is 1. The number of carbonyl (C=O) groups excluding carboxylic acids is 1. The predicted molar refractivity (Wildman–Crippen MR) is 99.2 cm³/mol. The van der Waals surface area contributed by atoms with E-state index in [4.69, 9.17) is 5.11 Å². The molecule has 0 saturated carbocycles. The fourth-order valence-electron chi connectivity index (χ4n) is 3.03. The predicted octanol–water partition coefficient (Wildman–Crippen LogP) is 1.83. The van der Waals surface area contributed by atoms with Crippen LogP contribution in [0.25, 0.3) is 0 Å². The van der Waals surface area contributed by atoms with E-state index in [2.05, 4.69) is 0 Å². The van der Waals surface area contributed by atoms with Gasteiger partial charge >= 0.3 is 5.97 Å². The number of sulfonamides is 1. The second-order valence-corrected chi connectivity index (χ2v) is 8.73. The lowest BCUT2D eigenvalue weighted by Crippen LogP contribution is -2.36. The van der Waals surface area contributed by atoms with Crippen LogP contribution in [0.4, 0.5) is 0 Å². The summed E-state index contributed by atoms with van der Waals surface area (Å²) in [6, 6.07) is 10.8. The molecule has 0 radical (unpaired) electrons. The number of amides is 1. The SMILES string of the molecule is CN(C)S(=O)(=O)c1ccc(C(=O)N2CCc3ccc(C(=O)O)cc3C2)cc1. The van der Waals surface area contributed by atoms with E-state index in [1.54, 1.807) is 23.1 Å². The highest BCUT2D eigenvalue weighted by Crippen LogP contribution is 2.23. The summed E-state index contributed by atoms with van der Waals surface area (Å²) < 4.78 is 25.4. The van der Waals surface area contributed by atoms with Gasteiger partial charge in [-0.1, -0.05) is 6.07 Å². The van der Waals surface area contributed by atoms with E-state index in [0.29, 0.717) is 25.1 Å². The first-order valence-corrected chi connectivity index (χ1v) is 9.81. The van der Waals surface area contributed by atoms with Crippen LogP contribution in [-0.2, 0) is 23.0 Å². The van der Waals surface area contributed by atoms with Crippen LogP contribution < -0.4 is 0 Å². The lowest BCUT2D eigenvalue weighted by molar-refractivity contribution is 0.0696. The van der Waals surface area contributed by atoms with Crippen molar-refractivity contribution in [2.75, 3.05) is 20.6 Å². The highest BCUT2D eigenvalue weighted by molar-refractivity contribution is 7.89. The summed E-state index contributed by atoms with van der Waals surface area (Å²) in [7, 11) is -0.646. The number of hydrogen-bond acceptors (Lipinski definition) is 4. The minimum absolute atomic E-state index is 0.124. The summed E-state index contributed by atoms with van der Waals surface area (Å²) in [6.45, 7) is 0.850. The van der Waals surface area contributed by atoms with Gasteiger partial charge in [-0.2, -0.15) is 0 Å². The Hall–Kier alpha value is -2.71. The molecular formula is C19H20N2O5S. The fourth-order valence-corrected chi connectivity index (χ4v) is 3.93. The van der Waals surface area contributed by atoms with E-state index in [-0.39, 0.29) is 16.4 Å². The van der Waals surface area contributed by atoms with Crippen molar-refractivity contribution in [3.63, 3.8) is 0 Å². The van der Waals surface area contributed by atoms with Crippen molar-refractivity contribution in [1.82, 2.24) is 9.21 Å². The molecule has 2 aromatic carbocycles. The lowest BCUT2D eigenvalue weighted by Gasteiger charge is -2.29. The molecule has 7 nitrogen and oxygen atoms in total. The van der Waals surface area contributed by atoms with E-state index >= 15 is 0 Å². The first-order chi connectivity index (χ1) is 12.7. The molecular weight excluding hydrogens is 368 g/mol. The third-order valence-corrected chi connectivity index (χ3v) is 6.46. The first kappa shape index (κ1) is 19.1. The summed E-state index contributed by atoms with van der Waals surface area (Å²) in [5, 5.41) is 9.14. The maximum atomic E-state index is 12.8. The normalized spacial score (nSPS) is 14.1. The van der Waals surface area contributed by atoms with Gasteiger partial charge in [-0.15, -0.1) is 0 Å². The number of carbonyl (C=O) groups is 2. The number of fused-ring (bicyclic) bond motifs is 1. The Morgan fingerprint density at radius 1 is 1.00 bits per heavy atom. The van der Waals surface area contributed by atoms with Crippen molar-refractivity contribution < 1.29 is 23.1 Å². The van der Waals surface area contributed by atoms with E-state index < -0.39 is 16.0 Å². The number of hydrogen-bond donors (Lipinski definition) is 1. The highest BCUT2D eigenvalue weighted by Gasteiger charge is 2.24. The van der Waals surface area contributed by atoms with Gasteiger partial charge in [0.25, 0.3) is 5.91 Å². The number of carboxylic acid groups (broad SMARTS) is 1. The Balaban J connectivity index is 1.81. The van der Waals surface area contributed by atoms with Gasteiger partial charge in [-0.3, -0.25) is 4.79 Å². The standard InChI is InChI=1S/C19H20N2O5S/c1-20(2)27(25,26)17-7-5-14(6-8-17)18(22)21-10-9-13-3-4-15(19(23)24)11-16(13)12-21/h3-8,11H,9-10,12H2,1-2H3,(H,23,24). The quantitative estimate of drug-likeness (QED) is 0.862. The molecule has 0 spiro atoms. The van der Waals surface area contributed by atoms with Gasteiger partial charge in [0.2, 0.25) is 10.0 Å². The zero-order valence-electron chi connectivity index (χ0n) is 15.0. The molecule has 1 amide bonds. The number of benzene rings is 2. The second-order valence-electron chi connectivity index (χ2n) is 6.58. The Morgan fingerprint density at radius 2 is 1.63 bits per heavy atom. The van der Waals surface area contributed by atoms with Crippen molar-refractivity contribution in [3.05, 3.63) is 64.7 Å². The molecule has 142 valence electrons. The summed E-state index contributed by atoms with van der Waals surface area (Å²) in [6.07, 6.45) is 0.647. The van der Waals surface area contributed by atoms with Crippen LogP contribution in [0.5, 0.6) is 0 Å². The lowest BCUT2D eigenvalue weighted by atomic mass is 9.97. The molecule has 0 fully saturated rings. The molecule has 0 unspecified atom stereocenters. The maximum Gasteiger partial charge on any atom is 0.335 e. The van der Waals surface area contributed by atoms with Gasteiger partial charge in [-0.25, -0.2) is 17.5 Å². The Bertz CT molecular complexity index is 997. The third-order valence-electron chi connectivity index (χ3n) is 4.63. The van der Waals surface area contributed by atoms with Crippen molar-refractivity contribution in [2.45, 2.75) is 17.9 Å². The Kier molecular flexibility index (Phi) is 5.03. The molecule has 27 heavy (non-hydrogen) atoms. The highest BCUT2D eigenvalue weighted by atomic mass is 32.2. The largest absolute Gasteiger partial charge is 0.478 e. The van der Waals surface area contributed by atoms with Crippen molar-refractivity contribution >= 4 is 21.9 Å². The minimum atomic E-state index is -3.54. The molecule has 1 N–H and O–H groups in total. The monoisotopic (exact) mass is 388 g/mol. The summed E-state index contributed by atoms with van der Waals surface area (Å²) in [4.78, 5) is 25.7. The number of aromatic carboxylic acids is 1. The van der Waals surface area contributed by atoms with Gasteiger partial charge in [-0.05, 0) is 53.9 Å². The van der Waals surface area contributed by atoms with Crippen molar-refractivity contribution in [2.24, 2.45) is 0 Å². The summed E-state index contributed by atoms with van der Waals surface area (Å²) in [5.74, 6) is -1.21. The second kappa shape index (κ2) is 7.13. The van der Waals surface area contributed by atoms with Gasteiger partial charge in [0.15, 0.2) is 0 Å². The smallest absolute Gasteiger partial charge is 0.335 e. The van der Waals surface area contributed by atoms with Gasteiger partial charge in [0.1, 0.15) is 0 Å². The van der Waals surface area contributed by atoms with Gasteiger partial charge in [0, 0.05) is 32.7 Å². The van der Waals surface area contributed by atoms with Crippen LogP contribution in [0, 0.1) is 0 Å². The number of nitrogens with zero attached hydrogens (tertiary/aromatic N) is 2. The Morgan fingerprint density at radius 3 is 2.22 bits per heavy atom. The molecule has 0 bridgehead atoms. The van der Waals surface area contributed by atoms with E-state index in [0.717, 1.165) is 15.4 Å². The molecule has 1 aliphatic rings. The number of rotatable bonds is 4. The van der Waals surface area contributed by atoms with Crippen LogP contribution in [0.2, 0.25) is 0 Å². The van der Waals surface area contributed by atoms with Crippen molar-refractivity contribution in [3.8, 4) is 0 Å².